The lowest BCUT2D eigenvalue weighted by Gasteiger charge is -2.30. The normalized spacial score (nSPS) is 19.8. The summed E-state index contributed by atoms with van der Waals surface area (Å²) in [5.74, 6) is 2.06. The van der Waals surface area contributed by atoms with Crippen molar-refractivity contribution >= 4 is 46.2 Å². The molecule has 2 saturated heterocycles. The first-order valence-electron chi connectivity index (χ1n) is 23.6. The van der Waals surface area contributed by atoms with Crippen molar-refractivity contribution in [1.29, 1.82) is 0 Å². The molecule has 356 valence electrons. The molecule has 18 heteroatoms. The van der Waals surface area contributed by atoms with Gasteiger partial charge < -0.3 is 44.6 Å². The van der Waals surface area contributed by atoms with Crippen LogP contribution in [0.4, 0.5) is 9.59 Å². The van der Waals surface area contributed by atoms with Gasteiger partial charge in [-0.15, -0.1) is 11.3 Å². The van der Waals surface area contributed by atoms with Gasteiger partial charge in [-0.25, -0.2) is 24.5 Å². The van der Waals surface area contributed by atoms with Crippen LogP contribution in [0.5, 0.6) is 5.75 Å². The Hall–Kier alpha value is -6.69. The van der Waals surface area contributed by atoms with Gasteiger partial charge in [0.15, 0.2) is 5.01 Å². The van der Waals surface area contributed by atoms with Crippen molar-refractivity contribution in [3.8, 4) is 39.5 Å². The zero-order valence-electron chi connectivity index (χ0n) is 39.4. The van der Waals surface area contributed by atoms with E-state index < -0.39 is 30.5 Å². The highest BCUT2D eigenvalue weighted by molar-refractivity contribution is 7.09. The van der Waals surface area contributed by atoms with Crippen LogP contribution in [0, 0.1) is 18.8 Å². The summed E-state index contributed by atoms with van der Waals surface area (Å²) in [5, 5.41) is 9.54. The van der Waals surface area contributed by atoms with E-state index in [1.54, 1.807) is 11.3 Å². The van der Waals surface area contributed by atoms with E-state index in [1.807, 2.05) is 49.9 Å². The number of aromatic nitrogens is 6. The van der Waals surface area contributed by atoms with Crippen molar-refractivity contribution in [2.24, 2.45) is 11.8 Å². The van der Waals surface area contributed by atoms with Crippen molar-refractivity contribution in [3.05, 3.63) is 82.1 Å². The van der Waals surface area contributed by atoms with Crippen molar-refractivity contribution in [2.45, 2.75) is 109 Å². The van der Waals surface area contributed by atoms with Crippen LogP contribution in [-0.2, 0) is 19.1 Å². The molecule has 4 aliphatic rings. The Morgan fingerprint density at radius 2 is 1.37 bits per heavy atom. The first-order chi connectivity index (χ1) is 32.8. The molecule has 5 atom stereocenters. The number of H-pyrrole nitrogens is 2. The number of amides is 4. The molecule has 0 spiro atoms. The summed E-state index contributed by atoms with van der Waals surface area (Å²) in [6.45, 7) is 10.9. The van der Waals surface area contributed by atoms with Crippen molar-refractivity contribution in [3.63, 3.8) is 0 Å². The topological polar surface area (TPSA) is 202 Å². The van der Waals surface area contributed by atoms with Crippen LogP contribution >= 0.6 is 11.3 Å². The minimum absolute atomic E-state index is 0.130. The number of hydrogen-bond donors (Lipinski definition) is 4. The average Bonchev–Trinajstić information content (AvgIpc) is 4.05. The molecular weight excluding hydrogens is 885 g/mol. The van der Waals surface area contributed by atoms with Gasteiger partial charge in [-0.2, -0.15) is 0 Å². The SMILES string of the molecule is COC(=O)N[C@H](C(=O)N1CCC[C@H]1c1ncc(-c2cc(C)c3c(c2)OC(c2nc(C4CC4)cs2)n2c-3cc3cc(-c4cnc([C@@H]5CCCN5C(=O)[C@@H](NC(=O)OC)C(C)C)[nH]4)ccc32)[nH]1)C(C)C. The Morgan fingerprint density at radius 3 is 1.93 bits per heavy atom. The summed E-state index contributed by atoms with van der Waals surface area (Å²) in [5.41, 5.74) is 8.66. The second-order valence-electron chi connectivity index (χ2n) is 19.2. The summed E-state index contributed by atoms with van der Waals surface area (Å²) >= 11 is 1.63. The number of imidazole rings is 2. The Morgan fingerprint density at radius 1 is 0.779 bits per heavy atom. The van der Waals surface area contributed by atoms with Crippen LogP contribution in [0.15, 0.2) is 54.2 Å². The Bertz CT molecular complexity index is 2910. The third kappa shape index (κ3) is 8.25. The molecule has 4 amide bonds. The van der Waals surface area contributed by atoms with E-state index in [-0.39, 0.29) is 35.7 Å². The molecule has 1 unspecified atom stereocenters. The number of ether oxygens (including phenoxy) is 3. The van der Waals surface area contributed by atoms with Crippen LogP contribution < -0.4 is 15.4 Å². The van der Waals surface area contributed by atoms with E-state index in [0.29, 0.717) is 30.7 Å². The molecule has 1 aliphatic carbocycles. The van der Waals surface area contributed by atoms with Gasteiger partial charge in [-0.05, 0) is 93.2 Å². The first-order valence-corrected chi connectivity index (χ1v) is 24.5. The zero-order valence-corrected chi connectivity index (χ0v) is 40.2. The third-order valence-corrected chi connectivity index (χ3v) is 14.8. The number of aromatic amines is 2. The van der Waals surface area contributed by atoms with Crippen LogP contribution in [-0.4, -0.2) is 103 Å². The lowest BCUT2D eigenvalue weighted by atomic mass is 9.98. The number of likely N-dealkylation sites (tertiary alicyclic amines) is 2. The molecule has 4 N–H and O–H groups in total. The monoisotopic (exact) mass is 942 g/mol. The summed E-state index contributed by atoms with van der Waals surface area (Å²) in [7, 11) is 2.59. The fraction of sp³-hybridized carbons (Fsp3) is 0.460. The van der Waals surface area contributed by atoms with E-state index in [9.17, 15) is 19.2 Å². The minimum Gasteiger partial charge on any atom is -0.463 e. The third-order valence-electron chi connectivity index (χ3n) is 13.9. The molecule has 0 bridgehead atoms. The van der Waals surface area contributed by atoms with Gasteiger partial charge in [0.2, 0.25) is 18.0 Å². The highest BCUT2D eigenvalue weighted by Crippen LogP contribution is 2.49. The lowest BCUT2D eigenvalue weighted by molar-refractivity contribution is -0.136. The van der Waals surface area contributed by atoms with Gasteiger partial charge in [0.1, 0.15) is 29.5 Å². The molecule has 3 fully saturated rings. The summed E-state index contributed by atoms with van der Waals surface area (Å²) in [6.07, 6.45) is 7.32. The lowest BCUT2D eigenvalue weighted by Crippen LogP contribution is -2.51. The maximum Gasteiger partial charge on any atom is 0.407 e. The summed E-state index contributed by atoms with van der Waals surface area (Å²) < 4.78 is 19.0. The highest BCUT2D eigenvalue weighted by atomic mass is 32.1. The highest BCUT2D eigenvalue weighted by Gasteiger charge is 2.40. The summed E-state index contributed by atoms with van der Waals surface area (Å²) in [4.78, 5) is 77.5. The average molecular weight is 943 g/mol. The number of benzene rings is 2. The Balaban J connectivity index is 0.963. The second-order valence-corrected chi connectivity index (χ2v) is 20.0. The molecule has 4 aromatic heterocycles. The van der Waals surface area contributed by atoms with E-state index in [4.69, 9.17) is 29.2 Å². The smallest absolute Gasteiger partial charge is 0.407 e. The van der Waals surface area contributed by atoms with Crippen molar-refractivity contribution in [2.75, 3.05) is 27.3 Å². The van der Waals surface area contributed by atoms with E-state index in [2.05, 4.69) is 73.9 Å². The number of thiazole rings is 1. The number of hydrogen-bond acceptors (Lipinski definition) is 11. The van der Waals surface area contributed by atoms with Gasteiger partial charge in [-0.1, -0.05) is 33.8 Å². The van der Waals surface area contributed by atoms with Crippen molar-refractivity contribution in [1.82, 2.24) is 49.9 Å². The molecule has 17 nitrogen and oxygen atoms in total. The van der Waals surface area contributed by atoms with Gasteiger partial charge in [0, 0.05) is 46.5 Å². The molecule has 3 aliphatic heterocycles. The molecule has 10 rings (SSSR count). The number of alkyl carbamates (subject to hydrolysis) is 2. The standard InChI is InChI=1S/C50H58N10O7S/c1-25(2)41(56-49(63)65-6)46(61)58-16-8-10-36(58)43-51-22-32(53-43)29-14-15-35-31(19-29)20-38-40-27(5)18-30(21-39(40)67-48(60(35)38)45-55-34(24-68-45)28-12-13-28)33-23-52-44(54-33)37-11-9-17-59(37)47(62)42(26(3)4)57-50(64)66-7/h14-15,18-26,28,36-37,41-42,48H,8-13,16-17H2,1-7H3,(H,51,53)(H,52,54)(H,56,63)(H,57,64)/t36-,37-,41-,42-,48?/m0/s1. The minimum atomic E-state index is -0.723. The number of fused-ring (bicyclic) bond motifs is 5. The van der Waals surface area contributed by atoms with Crippen LogP contribution in [0.1, 0.15) is 118 Å². The van der Waals surface area contributed by atoms with E-state index in [0.717, 1.165) is 105 Å². The Labute approximate surface area is 398 Å². The second kappa shape index (κ2) is 18.1. The quantitative estimate of drug-likeness (QED) is 0.0919. The number of methoxy groups -OCH3 is 2. The molecule has 1 saturated carbocycles. The van der Waals surface area contributed by atoms with Crippen LogP contribution in [0.3, 0.4) is 0 Å². The molecule has 6 aromatic rings. The number of carbonyl (C=O) groups excluding carboxylic acids is 4. The van der Waals surface area contributed by atoms with Gasteiger partial charge in [-0.3, -0.25) is 14.2 Å². The van der Waals surface area contributed by atoms with Crippen LogP contribution in [0.25, 0.3) is 44.7 Å². The fourth-order valence-corrected chi connectivity index (χ4v) is 11.1. The number of carbonyl (C=O) groups is 4. The predicted molar refractivity (Wildman–Crippen MR) is 256 cm³/mol. The maximum atomic E-state index is 13.9. The molecule has 68 heavy (non-hydrogen) atoms. The maximum absolute atomic E-state index is 13.9. The molecule has 7 heterocycles. The molecular formula is C50H58N10O7S. The number of nitrogens with zero attached hydrogens (tertiary/aromatic N) is 6. The first kappa shape index (κ1) is 45.1. The fourth-order valence-electron chi connectivity index (χ4n) is 10.2. The largest absolute Gasteiger partial charge is 0.463 e. The zero-order chi connectivity index (χ0) is 47.5. The predicted octanol–water partition coefficient (Wildman–Crippen LogP) is 8.76. The van der Waals surface area contributed by atoms with E-state index in [1.165, 1.54) is 14.2 Å². The van der Waals surface area contributed by atoms with Crippen LogP contribution in [0.2, 0.25) is 0 Å². The number of aryl methyl sites for hydroxylation is 1. The number of nitrogens with one attached hydrogen (secondary N) is 4. The van der Waals surface area contributed by atoms with Gasteiger partial charge in [0.05, 0.1) is 67.0 Å². The summed E-state index contributed by atoms with van der Waals surface area (Å²) in [6, 6.07) is 10.9. The molecule has 0 radical (unpaired) electrons. The molecule has 2 aromatic carbocycles. The Kier molecular flexibility index (Phi) is 12.0. The van der Waals surface area contributed by atoms with Crippen molar-refractivity contribution < 1.29 is 33.4 Å². The number of rotatable bonds is 12. The van der Waals surface area contributed by atoms with Gasteiger partial charge >= 0.3 is 12.2 Å². The van der Waals surface area contributed by atoms with Gasteiger partial charge in [0.25, 0.3) is 0 Å². The van der Waals surface area contributed by atoms with E-state index >= 15 is 0 Å².